The molecule has 0 amide bonds. The molecule has 0 saturated carbocycles. The average Bonchev–Trinajstić information content (AvgIpc) is 2.50. The minimum atomic E-state index is 1.30. The van der Waals surface area contributed by atoms with E-state index in [-0.39, 0.29) is 0 Å². The summed E-state index contributed by atoms with van der Waals surface area (Å²) in [6.45, 7) is 18.6. The van der Waals surface area contributed by atoms with Gasteiger partial charge in [0.15, 0.2) is 0 Å². The maximum Gasteiger partial charge on any atom is 0.0390 e. The highest BCUT2D eigenvalue weighted by Crippen LogP contribution is 2.18. The molecule has 2 aromatic rings. The van der Waals surface area contributed by atoms with E-state index in [1.807, 2.05) is 27.7 Å². The van der Waals surface area contributed by atoms with Crippen LogP contribution < -0.4 is 4.90 Å². The van der Waals surface area contributed by atoms with Crippen LogP contribution in [0.2, 0.25) is 0 Å². The SMILES string of the molecule is CC.CC.Cc1cc(C)cc(C)c1.Cc1ccc(N(C)C)c(C)c1. The molecule has 0 aliphatic rings. The van der Waals surface area contributed by atoms with E-state index < -0.39 is 0 Å². The molecule has 0 aliphatic carbocycles. The molecule has 2 aromatic carbocycles. The number of aryl methyl sites for hydroxylation is 5. The fraction of sp³-hybridized carbons (Fsp3) is 0.478. The van der Waals surface area contributed by atoms with E-state index >= 15 is 0 Å². The third kappa shape index (κ3) is 10.1. The highest BCUT2D eigenvalue weighted by molar-refractivity contribution is 5.53. The van der Waals surface area contributed by atoms with E-state index in [0.29, 0.717) is 0 Å². The van der Waals surface area contributed by atoms with Gasteiger partial charge in [-0.1, -0.05) is 80.3 Å². The summed E-state index contributed by atoms with van der Waals surface area (Å²) in [5.74, 6) is 0. The molecule has 0 aliphatic heterocycles. The van der Waals surface area contributed by atoms with Crippen LogP contribution in [-0.2, 0) is 0 Å². The summed E-state index contributed by atoms with van der Waals surface area (Å²) in [5, 5.41) is 0. The van der Waals surface area contributed by atoms with Crippen molar-refractivity contribution in [2.24, 2.45) is 0 Å². The maximum absolute atomic E-state index is 2.20. The number of nitrogens with zero attached hydrogens (tertiary/aromatic N) is 1. The van der Waals surface area contributed by atoms with Crippen molar-refractivity contribution in [3.8, 4) is 0 Å². The Labute approximate surface area is 151 Å². The second kappa shape index (κ2) is 13.7. The van der Waals surface area contributed by atoms with Gasteiger partial charge in [0.1, 0.15) is 0 Å². The van der Waals surface area contributed by atoms with Gasteiger partial charge in [0.2, 0.25) is 0 Å². The van der Waals surface area contributed by atoms with E-state index in [0.717, 1.165) is 0 Å². The lowest BCUT2D eigenvalue weighted by Crippen LogP contribution is -2.09. The Bertz CT molecular complexity index is 518. The van der Waals surface area contributed by atoms with Gasteiger partial charge in [-0.05, 0) is 46.2 Å². The van der Waals surface area contributed by atoms with Crippen molar-refractivity contribution >= 4 is 5.69 Å². The van der Waals surface area contributed by atoms with Crippen molar-refractivity contribution in [2.45, 2.75) is 62.3 Å². The summed E-state index contributed by atoms with van der Waals surface area (Å²) in [6, 6.07) is 13.1. The summed E-state index contributed by atoms with van der Waals surface area (Å²) in [7, 11) is 4.13. The van der Waals surface area contributed by atoms with Crippen LogP contribution >= 0.6 is 0 Å². The lowest BCUT2D eigenvalue weighted by molar-refractivity contribution is 1.11. The van der Waals surface area contributed by atoms with Gasteiger partial charge < -0.3 is 4.90 Å². The molecule has 0 heterocycles. The summed E-state index contributed by atoms with van der Waals surface area (Å²) < 4.78 is 0. The normalized spacial score (nSPS) is 8.62. The smallest absolute Gasteiger partial charge is 0.0390 e. The average molecular weight is 330 g/mol. The van der Waals surface area contributed by atoms with Gasteiger partial charge in [-0.2, -0.15) is 0 Å². The first kappa shape index (κ1) is 24.5. The van der Waals surface area contributed by atoms with Crippen LogP contribution in [0.5, 0.6) is 0 Å². The van der Waals surface area contributed by atoms with Crippen LogP contribution in [0.15, 0.2) is 36.4 Å². The van der Waals surface area contributed by atoms with E-state index in [2.05, 4.69) is 90.0 Å². The molecule has 24 heavy (non-hydrogen) atoms. The quantitative estimate of drug-likeness (QED) is 0.542. The van der Waals surface area contributed by atoms with Crippen molar-refractivity contribution in [3.05, 3.63) is 64.2 Å². The molecule has 0 atom stereocenters. The molecule has 2 rings (SSSR count). The molecule has 0 spiro atoms. The Balaban J connectivity index is 0. The largest absolute Gasteiger partial charge is 0.377 e. The van der Waals surface area contributed by atoms with Crippen LogP contribution in [0.25, 0.3) is 0 Å². The third-order valence-electron chi connectivity index (χ3n) is 3.20. The molecule has 0 radical (unpaired) electrons. The second-order valence-corrected chi connectivity index (χ2v) is 5.85. The van der Waals surface area contributed by atoms with Gasteiger partial charge in [0.25, 0.3) is 0 Å². The zero-order valence-corrected chi connectivity index (χ0v) is 17.9. The predicted molar refractivity (Wildman–Crippen MR) is 114 cm³/mol. The molecule has 0 bridgehead atoms. The highest BCUT2D eigenvalue weighted by Gasteiger charge is 1.98. The topological polar surface area (TPSA) is 3.24 Å². The van der Waals surface area contributed by atoms with Crippen LogP contribution in [0.1, 0.15) is 55.5 Å². The van der Waals surface area contributed by atoms with Crippen molar-refractivity contribution < 1.29 is 0 Å². The van der Waals surface area contributed by atoms with Crippen LogP contribution in [0.4, 0.5) is 5.69 Å². The van der Waals surface area contributed by atoms with Gasteiger partial charge in [-0.15, -0.1) is 0 Å². The molecular weight excluding hydrogens is 290 g/mol. The summed E-state index contributed by atoms with van der Waals surface area (Å²) >= 11 is 0. The Kier molecular flexibility index (Phi) is 13.9. The Morgan fingerprint density at radius 2 is 0.917 bits per heavy atom. The lowest BCUT2D eigenvalue weighted by atomic mass is 10.1. The summed E-state index contributed by atoms with van der Waals surface area (Å²) in [4.78, 5) is 2.13. The molecule has 0 aromatic heterocycles. The predicted octanol–water partition coefficient (Wildman–Crippen LogP) is 7.03. The van der Waals surface area contributed by atoms with Gasteiger partial charge in [0.05, 0.1) is 0 Å². The van der Waals surface area contributed by atoms with Gasteiger partial charge in [0, 0.05) is 19.8 Å². The minimum Gasteiger partial charge on any atom is -0.377 e. The lowest BCUT2D eigenvalue weighted by Gasteiger charge is -2.15. The van der Waals surface area contributed by atoms with Crippen LogP contribution in [0.3, 0.4) is 0 Å². The standard InChI is InChI=1S/C10H15N.C9H12.2C2H6/c1-8-5-6-10(11(3)4)9(2)7-8;1-7-4-8(2)6-9(3)5-7;2*1-2/h5-7H,1-4H3;4-6H,1-3H3;2*1-2H3. The molecule has 0 N–H and O–H groups in total. The van der Waals surface area contributed by atoms with Gasteiger partial charge in [-0.25, -0.2) is 0 Å². The zero-order chi connectivity index (χ0) is 19.3. The summed E-state index contributed by atoms with van der Waals surface area (Å²) in [5.41, 5.74) is 8.03. The third-order valence-corrected chi connectivity index (χ3v) is 3.20. The number of hydrogen-bond donors (Lipinski definition) is 0. The fourth-order valence-electron chi connectivity index (χ4n) is 2.51. The molecule has 0 fully saturated rings. The Hall–Kier alpha value is -1.76. The van der Waals surface area contributed by atoms with Crippen LogP contribution in [0, 0.1) is 34.6 Å². The highest BCUT2D eigenvalue weighted by atomic mass is 15.1. The van der Waals surface area contributed by atoms with E-state index in [1.165, 1.54) is 33.5 Å². The maximum atomic E-state index is 2.20. The second-order valence-electron chi connectivity index (χ2n) is 5.85. The first-order valence-electron chi connectivity index (χ1n) is 9.09. The Morgan fingerprint density at radius 1 is 0.542 bits per heavy atom. The van der Waals surface area contributed by atoms with Crippen molar-refractivity contribution in [1.82, 2.24) is 0 Å². The molecule has 136 valence electrons. The van der Waals surface area contributed by atoms with E-state index in [9.17, 15) is 0 Å². The molecular formula is C23H39N. The summed E-state index contributed by atoms with van der Waals surface area (Å²) in [6.07, 6.45) is 0. The number of hydrogen-bond acceptors (Lipinski definition) is 1. The van der Waals surface area contributed by atoms with E-state index in [1.54, 1.807) is 0 Å². The molecule has 1 nitrogen and oxygen atoms in total. The first-order valence-corrected chi connectivity index (χ1v) is 9.09. The molecule has 0 saturated heterocycles. The number of rotatable bonds is 1. The van der Waals surface area contributed by atoms with Crippen molar-refractivity contribution in [3.63, 3.8) is 0 Å². The minimum absolute atomic E-state index is 1.30. The Morgan fingerprint density at radius 3 is 1.21 bits per heavy atom. The molecule has 1 heteroatoms. The zero-order valence-electron chi connectivity index (χ0n) is 17.9. The van der Waals surface area contributed by atoms with E-state index in [4.69, 9.17) is 0 Å². The van der Waals surface area contributed by atoms with Crippen molar-refractivity contribution in [2.75, 3.05) is 19.0 Å². The first-order chi connectivity index (χ1) is 11.3. The monoisotopic (exact) mass is 329 g/mol. The molecule has 0 unspecified atom stereocenters. The number of anilines is 1. The fourth-order valence-corrected chi connectivity index (χ4v) is 2.51. The van der Waals surface area contributed by atoms with Gasteiger partial charge >= 0.3 is 0 Å². The number of benzene rings is 2. The van der Waals surface area contributed by atoms with Crippen molar-refractivity contribution in [1.29, 1.82) is 0 Å². The van der Waals surface area contributed by atoms with Crippen LogP contribution in [-0.4, -0.2) is 14.1 Å². The van der Waals surface area contributed by atoms with Gasteiger partial charge in [-0.3, -0.25) is 0 Å².